The molecular formula is C24H24N4. The molecule has 4 heteroatoms. The predicted octanol–water partition coefficient (Wildman–Crippen LogP) is 4.15. The molecule has 0 atom stereocenters. The highest BCUT2D eigenvalue weighted by molar-refractivity contribution is 5.70. The largest absolute Gasteiger partial charge is 0.358 e. The van der Waals surface area contributed by atoms with Gasteiger partial charge in [0.05, 0.1) is 6.67 Å². The van der Waals surface area contributed by atoms with Gasteiger partial charge in [-0.05, 0) is 23.6 Å². The minimum Gasteiger partial charge on any atom is -0.358 e. The van der Waals surface area contributed by atoms with Crippen LogP contribution in [0.2, 0.25) is 0 Å². The molecule has 0 unspecified atom stereocenters. The topological polar surface area (TPSA) is 23.8 Å². The summed E-state index contributed by atoms with van der Waals surface area (Å²) >= 11 is 0. The fraction of sp³-hybridized carbons (Fsp3) is 0.208. The van der Waals surface area contributed by atoms with Gasteiger partial charge in [0.2, 0.25) is 0 Å². The van der Waals surface area contributed by atoms with Crippen molar-refractivity contribution in [3.05, 3.63) is 83.8 Å². The molecule has 0 amide bonds. The van der Waals surface area contributed by atoms with Crippen LogP contribution in [0.1, 0.15) is 18.9 Å². The van der Waals surface area contributed by atoms with Crippen LogP contribution in [0.15, 0.2) is 72.9 Å². The highest BCUT2D eigenvalue weighted by Crippen LogP contribution is 2.24. The number of anilines is 1. The van der Waals surface area contributed by atoms with Gasteiger partial charge in [0.15, 0.2) is 5.82 Å². The van der Waals surface area contributed by atoms with Crippen LogP contribution in [-0.2, 0) is 6.54 Å². The first-order valence-corrected chi connectivity index (χ1v) is 9.94. The molecule has 5 rings (SSSR count). The minimum absolute atomic E-state index is 0.869. The Labute approximate surface area is 165 Å². The smallest absolute Gasteiger partial charge is 0.158 e. The summed E-state index contributed by atoms with van der Waals surface area (Å²) in [5.41, 5.74) is 4.76. The van der Waals surface area contributed by atoms with Crippen molar-refractivity contribution in [3.63, 3.8) is 0 Å². The molecule has 0 bridgehead atoms. The molecular weight excluding hydrogens is 344 g/mol. The Balaban J connectivity index is 1.58. The van der Waals surface area contributed by atoms with Gasteiger partial charge in [-0.3, -0.25) is 4.40 Å². The van der Waals surface area contributed by atoms with Crippen LogP contribution in [-0.4, -0.2) is 27.5 Å². The zero-order valence-corrected chi connectivity index (χ0v) is 16.1. The molecule has 3 heterocycles. The van der Waals surface area contributed by atoms with E-state index in [9.17, 15) is 0 Å². The minimum atomic E-state index is 0.869. The van der Waals surface area contributed by atoms with Crippen LogP contribution in [0.25, 0.3) is 23.0 Å². The van der Waals surface area contributed by atoms with E-state index >= 15 is 0 Å². The van der Waals surface area contributed by atoms with Crippen LogP contribution in [0, 0.1) is 0 Å². The van der Waals surface area contributed by atoms with Gasteiger partial charge in [-0.15, -0.1) is 0 Å². The second-order valence-corrected chi connectivity index (χ2v) is 7.41. The van der Waals surface area contributed by atoms with Crippen LogP contribution in [0.5, 0.6) is 0 Å². The maximum atomic E-state index is 5.00. The molecule has 0 saturated heterocycles. The number of hydrogen-bond donors (Lipinski definition) is 0. The number of imidazole rings is 1. The number of aromatic nitrogens is 2. The second kappa shape index (κ2) is 7.04. The van der Waals surface area contributed by atoms with Crippen molar-refractivity contribution in [2.24, 2.45) is 0 Å². The van der Waals surface area contributed by atoms with E-state index in [4.69, 9.17) is 4.98 Å². The van der Waals surface area contributed by atoms with E-state index in [1.165, 1.54) is 22.0 Å². The average molecular weight is 368 g/mol. The first-order valence-electron chi connectivity index (χ1n) is 9.94. The summed E-state index contributed by atoms with van der Waals surface area (Å²) in [4.78, 5) is 9.78. The summed E-state index contributed by atoms with van der Waals surface area (Å²) in [6, 6.07) is 23.3. The number of nitrogens with zero attached hydrogens (tertiary/aromatic N) is 4. The Morgan fingerprint density at radius 2 is 1.68 bits per heavy atom. The third-order valence-electron chi connectivity index (χ3n) is 5.30. The molecule has 1 aliphatic rings. The molecule has 0 spiro atoms. The molecule has 140 valence electrons. The van der Waals surface area contributed by atoms with Gasteiger partial charge in [0.1, 0.15) is 11.0 Å². The van der Waals surface area contributed by atoms with Crippen LogP contribution in [0.3, 0.4) is 0 Å². The lowest BCUT2D eigenvalue weighted by Crippen LogP contribution is -2.43. The van der Waals surface area contributed by atoms with Crippen LogP contribution < -0.4 is 10.2 Å². The molecule has 4 nitrogen and oxygen atoms in total. The molecule has 2 aromatic heterocycles. The van der Waals surface area contributed by atoms with Crippen molar-refractivity contribution in [1.82, 2.24) is 14.3 Å². The molecule has 2 aromatic carbocycles. The summed E-state index contributed by atoms with van der Waals surface area (Å²) in [5, 5.41) is 1.17. The van der Waals surface area contributed by atoms with Crippen molar-refractivity contribution in [1.29, 1.82) is 0 Å². The lowest BCUT2D eigenvalue weighted by Gasteiger charge is -2.33. The lowest BCUT2D eigenvalue weighted by molar-refractivity contribution is 0.392. The van der Waals surface area contributed by atoms with Crippen molar-refractivity contribution in [2.45, 2.75) is 19.9 Å². The SMILES string of the molecule is CCCN1C=c2c(nc3cc(-c4ccccc4)cn23)N(Cc2ccccc2)C1. The molecule has 0 fully saturated rings. The van der Waals surface area contributed by atoms with E-state index in [2.05, 4.69) is 100 Å². The number of benzene rings is 2. The average Bonchev–Trinajstić information content (AvgIpc) is 3.29. The summed E-state index contributed by atoms with van der Waals surface area (Å²) in [6.45, 7) is 5.02. The van der Waals surface area contributed by atoms with E-state index in [0.717, 1.165) is 37.6 Å². The lowest BCUT2D eigenvalue weighted by atomic mass is 10.1. The standard InChI is InChI=1S/C24H24N4/c1-2-13-26-17-22-24(27(18-26)15-19-9-5-3-6-10-19)25-23-14-21(16-28(22)23)20-11-7-4-8-12-20/h3-12,14,16-17H,2,13,15,18H2,1H3. The Hall–Kier alpha value is -3.27. The summed E-state index contributed by atoms with van der Waals surface area (Å²) < 4.78 is 2.23. The van der Waals surface area contributed by atoms with Crippen molar-refractivity contribution >= 4 is 17.7 Å². The molecule has 0 saturated carbocycles. The maximum Gasteiger partial charge on any atom is 0.158 e. The van der Waals surface area contributed by atoms with E-state index in [1.807, 2.05) is 0 Å². The number of fused-ring (bicyclic) bond motifs is 3. The van der Waals surface area contributed by atoms with Gasteiger partial charge < -0.3 is 9.80 Å². The Morgan fingerprint density at radius 3 is 2.43 bits per heavy atom. The second-order valence-electron chi connectivity index (χ2n) is 7.41. The Bertz CT molecular complexity index is 1130. The summed E-state index contributed by atoms with van der Waals surface area (Å²) in [7, 11) is 0. The van der Waals surface area contributed by atoms with Crippen molar-refractivity contribution in [3.8, 4) is 11.1 Å². The molecule has 0 N–H and O–H groups in total. The highest BCUT2D eigenvalue weighted by Gasteiger charge is 2.22. The number of rotatable bonds is 5. The third kappa shape index (κ3) is 3.01. The van der Waals surface area contributed by atoms with Crippen LogP contribution >= 0.6 is 0 Å². The molecule has 4 aromatic rings. The zero-order valence-electron chi connectivity index (χ0n) is 16.1. The van der Waals surface area contributed by atoms with E-state index in [-0.39, 0.29) is 0 Å². The van der Waals surface area contributed by atoms with E-state index in [0.29, 0.717) is 0 Å². The quantitative estimate of drug-likeness (QED) is 0.529. The van der Waals surface area contributed by atoms with Gasteiger partial charge in [-0.2, -0.15) is 0 Å². The zero-order chi connectivity index (χ0) is 18.9. The maximum absolute atomic E-state index is 5.00. The summed E-state index contributed by atoms with van der Waals surface area (Å²) in [6.07, 6.45) is 5.61. The summed E-state index contributed by atoms with van der Waals surface area (Å²) in [5.74, 6) is 1.07. The van der Waals surface area contributed by atoms with Gasteiger partial charge in [-0.1, -0.05) is 67.6 Å². The molecule has 0 aliphatic carbocycles. The molecule has 28 heavy (non-hydrogen) atoms. The third-order valence-corrected chi connectivity index (χ3v) is 5.30. The van der Waals surface area contributed by atoms with E-state index in [1.54, 1.807) is 0 Å². The van der Waals surface area contributed by atoms with Gasteiger partial charge in [-0.25, -0.2) is 4.98 Å². The predicted molar refractivity (Wildman–Crippen MR) is 115 cm³/mol. The molecule has 1 aliphatic heterocycles. The normalized spacial score (nSPS) is 13.6. The number of hydrogen-bond acceptors (Lipinski definition) is 3. The fourth-order valence-corrected chi connectivity index (χ4v) is 4.00. The monoisotopic (exact) mass is 368 g/mol. The highest BCUT2D eigenvalue weighted by atomic mass is 15.4. The first-order chi connectivity index (χ1) is 13.8. The fourth-order valence-electron chi connectivity index (χ4n) is 4.00. The Kier molecular flexibility index (Phi) is 4.24. The van der Waals surface area contributed by atoms with Crippen molar-refractivity contribution in [2.75, 3.05) is 18.1 Å². The first kappa shape index (κ1) is 16.9. The van der Waals surface area contributed by atoms with E-state index < -0.39 is 0 Å². The van der Waals surface area contributed by atoms with Crippen LogP contribution in [0.4, 0.5) is 5.82 Å². The van der Waals surface area contributed by atoms with Gasteiger partial charge >= 0.3 is 0 Å². The van der Waals surface area contributed by atoms with Gasteiger partial charge in [0, 0.05) is 31.0 Å². The van der Waals surface area contributed by atoms with Crippen molar-refractivity contribution < 1.29 is 0 Å². The molecule has 0 radical (unpaired) electrons. The van der Waals surface area contributed by atoms with Gasteiger partial charge in [0.25, 0.3) is 0 Å². The Morgan fingerprint density at radius 1 is 0.929 bits per heavy atom.